The number of nitrogens with zero attached hydrogens (tertiary/aromatic N) is 1. The molecule has 8 nitrogen and oxygen atoms in total. The van der Waals surface area contributed by atoms with E-state index in [1.165, 1.54) is 0 Å². The van der Waals surface area contributed by atoms with Gasteiger partial charge in [0, 0.05) is 58.9 Å². The minimum atomic E-state index is -0.782. The molecule has 2 heterocycles. The lowest BCUT2D eigenvalue weighted by molar-refractivity contribution is -0.123. The molecule has 0 aliphatic rings. The van der Waals surface area contributed by atoms with E-state index in [2.05, 4.69) is 25.9 Å². The molecule has 1 atom stereocenters. The van der Waals surface area contributed by atoms with E-state index < -0.39 is 17.7 Å². The van der Waals surface area contributed by atoms with Crippen LogP contribution in [0.3, 0.4) is 0 Å². The van der Waals surface area contributed by atoms with Crippen LogP contribution >= 0.6 is 11.6 Å². The summed E-state index contributed by atoms with van der Waals surface area (Å²) in [6, 6.07) is 14.6. The molecule has 0 radical (unpaired) electrons. The SMILES string of the molecule is CC(C)(C)OC(=O)N[C@H](Cc1c[nH]c2ccccc12)C(=O)NCCCNc1ccnc2cc(Cl)ccc12. The van der Waals surface area contributed by atoms with Gasteiger partial charge in [-0.15, -0.1) is 0 Å². The summed E-state index contributed by atoms with van der Waals surface area (Å²) < 4.78 is 5.40. The first-order chi connectivity index (χ1) is 17.7. The number of nitrogens with one attached hydrogen (secondary N) is 4. The molecule has 194 valence electrons. The number of halogens is 1. The molecule has 0 aliphatic carbocycles. The largest absolute Gasteiger partial charge is 0.444 e. The van der Waals surface area contributed by atoms with E-state index in [1.54, 1.807) is 27.0 Å². The number of hydrogen-bond donors (Lipinski definition) is 4. The number of carbonyl (C=O) groups is 2. The van der Waals surface area contributed by atoms with Gasteiger partial charge in [0.15, 0.2) is 0 Å². The van der Waals surface area contributed by atoms with Gasteiger partial charge in [-0.3, -0.25) is 9.78 Å². The summed E-state index contributed by atoms with van der Waals surface area (Å²) in [6.45, 7) is 6.45. The third-order valence-corrected chi connectivity index (χ3v) is 6.01. The molecule has 0 saturated heterocycles. The number of alkyl carbamates (subject to hydrolysis) is 1. The Balaban J connectivity index is 1.35. The van der Waals surface area contributed by atoms with Crippen molar-refractivity contribution in [3.63, 3.8) is 0 Å². The van der Waals surface area contributed by atoms with Crippen molar-refractivity contribution in [3.8, 4) is 0 Å². The fourth-order valence-electron chi connectivity index (χ4n) is 4.10. The number of pyridine rings is 1. The van der Waals surface area contributed by atoms with Crippen LogP contribution in [-0.4, -0.2) is 46.7 Å². The van der Waals surface area contributed by atoms with Gasteiger partial charge in [-0.25, -0.2) is 4.79 Å². The number of ether oxygens (including phenoxy) is 1. The number of benzene rings is 2. The van der Waals surface area contributed by atoms with Crippen LogP contribution in [0.2, 0.25) is 5.02 Å². The number of rotatable bonds is 9. The second kappa shape index (κ2) is 11.5. The van der Waals surface area contributed by atoms with E-state index in [4.69, 9.17) is 16.3 Å². The van der Waals surface area contributed by atoms with Crippen LogP contribution in [-0.2, 0) is 16.0 Å². The Labute approximate surface area is 221 Å². The summed E-state index contributed by atoms with van der Waals surface area (Å²) in [4.78, 5) is 33.2. The molecule has 37 heavy (non-hydrogen) atoms. The fourth-order valence-corrected chi connectivity index (χ4v) is 4.27. The number of carbonyl (C=O) groups excluding carboxylic acids is 2. The van der Waals surface area contributed by atoms with Crippen molar-refractivity contribution in [1.29, 1.82) is 0 Å². The predicted molar refractivity (Wildman–Crippen MR) is 148 cm³/mol. The normalized spacial score (nSPS) is 12.3. The number of para-hydroxylation sites is 1. The number of aromatic nitrogens is 2. The predicted octanol–water partition coefficient (Wildman–Crippen LogP) is 5.42. The van der Waals surface area contributed by atoms with Crippen molar-refractivity contribution in [2.75, 3.05) is 18.4 Å². The van der Waals surface area contributed by atoms with Gasteiger partial charge < -0.3 is 25.7 Å². The summed E-state index contributed by atoms with van der Waals surface area (Å²) >= 11 is 6.07. The van der Waals surface area contributed by atoms with E-state index in [9.17, 15) is 9.59 Å². The van der Waals surface area contributed by atoms with Crippen molar-refractivity contribution in [2.45, 2.75) is 45.3 Å². The maximum atomic E-state index is 13.1. The van der Waals surface area contributed by atoms with Crippen molar-refractivity contribution < 1.29 is 14.3 Å². The highest BCUT2D eigenvalue weighted by atomic mass is 35.5. The first kappa shape index (κ1) is 26.3. The number of amides is 2. The lowest BCUT2D eigenvalue weighted by atomic mass is 10.0. The van der Waals surface area contributed by atoms with Crippen molar-refractivity contribution >= 4 is 51.1 Å². The maximum Gasteiger partial charge on any atom is 0.408 e. The van der Waals surface area contributed by atoms with Crippen molar-refractivity contribution in [2.24, 2.45) is 0 Å². The molecule has 0 fully saturated rings. The Bertz CT molecular complexity index is 1400. The van der Waals surface area contributed by atoms with E-state index in [0.717, 1.165) is 33.1 Å². The lowest BCUT2D eigenvalue weighted by Gasteiger charge is -2.23. The van der Waals surface area contributed by atoms with Crippen molar-refractivity contribution in [3.05, 3.63) is 71.5 Å². The van der Waals surface area contributed by atoms with Crippen LogP contribution < -0.4 is 16.0 Å². The minimum absolute atomic E-state index is 0.264. The Hall–Kier alpha value is -3.78. The van der Waals surface area contributed by atoms with Gasteiger partial charge in [0.2, 0.25) is 5.91 Å². The van der Waals surface area contributed by atoms with Gasteiger partial charge >= 0.3 is 6.09 Å². The molecule has 4 aromatic rings. The Morgan fingerprint density at radius 1 is 1.08 bits per heavy atom. The van der Waals surface area contributed by atoms with Gasteiger partial charge in [-0.05, 0) is 63.1 Å². The van der Waals surface area contributed by atoms with E-state index in [-0.39, 0.29) is 5.91 Å². The second-order valence-electron chi connectivity index (χ2n) is 9.85. The molecule has 2 amide bonds. The first-order valence-corrected chi connectivity index (χ1v) is 12.7. The van der Waals surface area contributed by atoms with E-state index in [1.807, 2.05) is 54.7 Å². The highest BCUT2D eigenvalue weighted by Crippen LogP contribution is 2.24. The fraction of sp³-hybridized carbons (Fsp3) is 0.321. The Morgan fingerprint density at radius 2 is 1.89 bits per heavy atom. The molecular formula is C28H32ClN5O3. The molecule has 0 unspecified atom stereocenters. The average molecular weight is 522 g/mol. The molecule has 4 N–H and O–H groups in total. The molecule has 2 aromatic heterocycles. The summed E-state index contributed by atoms with van der Waals surface area (Å²) in [6.07, 6.45) is 4.01. The van der Waals surface area contributed by atoms with Crippen LogP contribution in [0.4, 0.5) is 10.5 Å². The van der Waals surface area contributed by atoms with Gasteiger partial charge in [-0.2, -0.15) is 0 Å². The highest BCUT2D eigenvalue weighted by molar-refractivity contribution is 6.31. The number of anilines is 1. The lowest BCUT2D eigenvalue weighted by Crippen LogP contribution is -2.49. The summed E-state index contributed by atoms with van der Waals surface area (Å²) in [5.41, 5.74) is 3.03. The zero-order valence-electron chi connectivity index (χ0n) is 21.2. The topological polar surface area (TPSA) is 108 Å². The maximum absolute atomic E-state index is 13.1. The van der Waals surface area contributed by atoms with Crippen LogP contribution in [0.15, 0.2) is 60.9 Å². The summed E-state index contributed by atoms with van der Waals surface area (Å²) in [5.74, 6) is -0.264. The zero-order chi connectivity index (χ0) is 26.4. The molecule has 0 aliphatic heterocycles. The van der Waals surface area contributed by atoms with Crippen LogP contribution in [0, 0.1) is 0 Å². The number of fused-ring (bicyclic) bond motifs is 2. The zero-order valence-corrected chi connectivity index (χ0v) is 22.0. The monoisotopic (exact) mass is 521 g/mol. The molecule has 0 spiro atoms. The molecule has 2 aromatic carbocycles. The van der Waals surface area contributed by atoms with E-state index in [0.29, 0.717) is 31.0 Å². The second-order valence-corrected chi connectivity index (χ2v) is 10.3. The van der Waals surface area contributed by atoms with Crippen LogP contribution in [0.25, 0.3) is 21.8 Å². The molecule has 0 bridgehead atoms. The average Bonchev–Trinajstić information content (AvgIpc) is 3.25. The Kier molecular flexibility index (Phi) is 8.18. The third-order valence-electron chi connectivity index (χ3n) is 5.78. The number of H-pyrrole nitrogens is 1. The number of hydrogen-bond acceptors (Lipinski definition) is 5. The van der Waals surface area contributed by atoms with Gasteiger partial charge in [0.25, 0.3) is 0 Å². The van der Waals surface area contributed by atoms with Gasteiger partial charge in [-0.1, -0.05) is 29.8 Å². The van der Waals surface area contributed by atoms with Gasteiger partial charge in [0.1, 0.15) is 11.6 Å². The summed E-state index contributed by atoms with van der Waals surface area (Å²) in [7, 11) is 0. The first-order valence-electron chi connectivity index (χ1n) is 12.3. The molecule has 0 saturated carbocycles. The summed E-state index contributed by atoms with van der Waals surface area (Å²) in [5, 5.41) is 11.7. The Morgan fingerprint density at radius 3 is 2.70 bits per heavy atom. The molecular weight excluding hydrogens is 490 g/mol. The van der Waals surface area contributed by atoms with E-state index >= 15 is 0 Å². The highest BCUT2D eigenvalue weighted by Gasteiger charge is 2.25. The smallest absolute Gasteiger partial charge is 0.408 e. The molecule has 4 rings (SSSR count). The van der Waals surface area contributed by atoms with Crippen LogP contribution in [0.1, 0.15) is 32.8 Å². The quantitative estimate of drug-likeness (QED) is 0.220. The van der Waals surface area contributed by atoms with Crippen LogP contribution in [0.5, 0.6) is 0 Å². The minimum Gasteiger partial charge on any atom is -0.444 e. The van der Waals surface area contributed by atoms with Gasteiger partial charge in [0.05, 0.1) is 5.52 Å². The number of aromatic amines is 1. The van der Waals surface area contributed by atoms with Crippen molar-refractivity contribution in [1.82, 2.24) is 20.6 Å². The molecule has 9 heteroatoms. The standard InChI is InChI=1S/C28H32ClN5O3/c1-28(2,3)37-27(36)34-25(15-18-17-33-22-8-5-4-7-20(18)22)26(35)32-13-6-12-30-23-11-14-31-24-16-19(29)9-10-21(23)24/h4-5,7-11,14,16-17,25,33H,6,12-13,15H2,1-3H3,(H,30,31)(H,32,35)(H,34,36)/t25-/m1/s1. The third kappa shape index (κ3) is 7.13.